The van der Waals surface area contributed by atoms with Gasteiger partial charge in [-0.1, -0.05) is 121 Å². The number of fused-ring (bicyclic) bond motifs is 9. The highest BCUT2D eigenvalue weighted by atomic mass is 16.5. The molecule has 1 aliphatic heterocycles. The average molecular weight is 685 g/mol. The molecule has 4 heteroatoms. The van der Waals surface area contributed by atoms with Crippen molar-refractivity contribution in [3.05, 3.63) is 192 Å². The summed E-state index contributed by atoms with van der Waals surface area (Å²) < 4.78 is 16.8. The summed E-state index contributed by atoms with van der Waals surface area (Å²) in [5.41, 5.74) is 13.2. The molecule has 0 saturated carbocycles. The van der Waals surface area contributed by atoms with E-state index in [1.165, 1.54) is 38.9 Å². The van der Waals surface area contributed by atoms with Crippen molar-refractivity contribution in [1.29, 1.82) is 0 Å². The van der Waals surface area contributed by atoms with Gasteiger partial charge in [-0.15, -0.1) is 0 Å². The average Bonchev–Trinajstić information content (AvgIpc) is 3.85. The molecule has 3 aliphatic rings. The van der Waals surface area contributed by atoms with Crippen LogP contribution in [-0.2, 0) is 18.3 Å². The third-order valence-electron chi connectivity index (χ3n) is 11.5. The van der Waals surface area contributed by atoms with Gasteiger partial charge in [-0.05, 0) is 73.4 Å². The van der Waals surface area contributed by atoms with Gasteiger partial charge in [0, 0.05) is 45.4 Å². The molecular weight excluding hydrogens is 649 g/mol. The van der Waals surface area contributed by atoms with E-state index >= 15 is 0 Å². The van der Waals surface area contributed by atoms with Crippen molar-refractivity contribution in [2.45, 2.75) is 31.6 Å². The Labute approximate surface area is 308 Å². The lowest BCUT2D eigenvalue weighted by Crippen LogP contribution is -2.31. The number of nitrogens with zero attached hydrogens (tertiary/aromatic N) is 2. The number of benzene rings is 6. The van der Waals surface area contributed by atoms with Gasteiger partial charge in [0.05, 0.1) is 27.9 Å². The van der Waals surface area contributed by atoms with E-state index in [1.807, 2.05) is 0 Å². The maximum Gasteiger partial charge on any atom is 0.155 e. The maximum absolute atomic E-state index is 7.47. The molecule has 0 amide bonds. The van der Waals surface area contributed by atoms with Gasteiger partial charge in [0.1, 0.15) is 17.1 Å². The second-order valence-electron chi connectivity index (χ2n) is 14.6. The van der Waals surface area contributed by atoms with Crippen molar-refractivity contribution >= 4 is 50.7 Å². The Kier molecular flexibility index (Phi) is 6.54. The van der Waals surface area contributed by atoms with E-state index in [0.29, 0.717) is 6.42 Å². The zero-order valence-electron chi connectivity index (χ0n) is 29.4. The lowest BCUT2D eigenvalue weighted by Gasteiger charge is -2.32. The molecule has 1 unspecified atom stereocenters. The molecule has 11 rings (SSSR count). The van der Waals surface area contributed by atoms with Crippen LogP contribution in [0.5, 0.6) is 5.75 Å². The van der Waals surface area contributed by atoms with Crippen LogP contribution in [0.3, 0.4) is 0 Å². The summed E-state index contributed by atoms with van der Waals surface area (Å²) in [6.07, 6.45) is 7.27. The fourth-order valence-electron chi connectivity index (χ4n) is 9.06. The molecular formula is C49H36N2O2. The number of aromatic nitrogens is 1. The fraction of sp³-hybridized carbons (Fsp3) is 0.102. The van der Waals surface area contributed by atoms with Gasteiger partial charge in [0.15, 0.2) is 5.75 Å². The van der Waals surface area contributed by atoms with E-state index in [2.05, 4.69) is 180 Å². The molecule has 4 nitrogen and oxygen atoms in total. The van der Waals surface area contributed by atoms with E-state index in [1.54, 1.807) is 0 Å². The number of allylic oxidation sites excluding steroid dienone is 2. The number of anilines is 3. The summed E-state index contributed by atoms with van der Waals surface area (Å²) in [6, 6.07) is 53.9. The summed E-state index contributed by atoms with van der Waals surface area (Å²) >= 11 is 0. The van der Waals surface area contributed by atoms with Crippen LogP contribution in [0, 0.1) is 0 Å². The zero-order chi connectivity index (χ0) is 35.1. The van der Waals surface area contributed by atoms with Gasteiger partial charge in [0.2, 0.25) is 0 Å². The monoisotopic (exact) mass is 684 g/mol. The smallest absolute Gasteiger partial charge is 0.155 e. The Balaban J connectivity index is 1.16. The first kappa shape index (κ1) is 30.1. The molecule has 2 aromatic heterocycles. The molecule has 0 fully saturated rings. The van der Waals surface area contributed by atoms with E-state index in [0.717, 1.165) is 69.4 Å². The van der Waals surface area contributed by atoms with E-state index in [4.69, 9.17) is 9.15 Å². The SMILES string of the molecule is CC12Cc3oc4ccccc4c3C(n3c4c(c5ccccc53)C=CCC4)=C1Oc1c(N(c3ccccc3)c3ccc(-c4ccccc4)cc3)cccc12. The highest BCUT2D eigenvalue weighted by molar-refractivity contribution is 6.01. The highest BCUT2D eigenvalue weighted by Crippen LogP contribution is 2.59. The molecule has 2 aliphatic carbocycles. The quantitative estimate of drug-likeness (QED) is 0.181. The first-order valence-corrected chi connectivity index (χ1v) is 18.5. The van der Waals surface area contributed by atoms with E-state index in [-0.39, 0.29) is 0 Å². The van der Waals surface area contributed by atoms with Crippen molar-refractivity contribution in [2.75, 3.05) is 4.90 Å². The van der Waals surface area contributed by atoms with Crippen LogP contribution in [-0.4, -0.2) is 4.57 Å². The summed E-state index contributed by atoms with van der Waals surface area (Å²) in [5, 5.41) is 2.38. The first-order valence-electron chi connectivity index (χ1n) is 18.5. The second kappa shape index (κ2) is 11.5. The Morgan fingerprint density at radius 3 is 2.19 bits per heavy atom. The number of furan rings is 1. The largest absolute Gasteiger partial charge is 0.460 e. The Morgan fingerprint density at radius 1 is 0.660 bits per heavy atom. The molecule has 8 aromatic rings. The Bertz CT molecular complexity index is 2790. The maximum atomic E-state index is 7.47. The third-order valence-corrected chi connectivity index (χ3v) is 11.5. The van der Waals surface area contributed by atoms with Crippen LogP contribution in [0.25, 0.3) is 44.8 Å². The van der Waals surface area contributed by atoms with Gasteiger partial charge in [-0.2, -0.15) is 0 Å². The predicted molar refractivity (Wildman–Crippen MR) is 216 cm³/mol. The van der Waals surface area contributed by atoms with Gasteiger partial charge >= 0.3 is 0 Å². The minimum atomic E-state index is -0.468. The molecule has 3 heterocycles. The molecule has 53 heavy (non-hydrogen) atoms. The van der Waals surface area contributed by atoms with Crippen LogP contribution >= 0.6 is 0 Å². The number of ether oxygens (including phenoxy) is 1. The summed E-state index contributed by atoms with van der Waals surface area (Å²) in [7, 11) is 0. The fourth-order valence-corrected chi connectivity index (χ4v) is 9.06. The molecule has 1 atom stereocenters. The topological polar surface area (TPSA) is 30.5 Å². The Morgan fingerprint density at radius 2 is 1.36 bits per heavy atom. The van der Waals surface area contributed by atoms with E-state index < -0.39 is 5.41 Å². The molecule has 6 aromatic carbocycles. The minimum absolute atomic E-state index is 0.468. The standard InChI is InChI=1S/C49H36N2O2/c1-49-31-44-45(38-21-10-13-26-43(38)52-44)46(51-40-23-11-8-19-36(40)37-20-9-12-24-41(37)51)48(49)53-47-39(49)22-14-25-42(47)50(34-17-6-3-7-18-34)35-29-27-33(28-30-35)32-15-4-2-5-16-32/h2-11,13-23,25-30H,12,24,31H2,1H3. The Hall–Kier alpha value is -6.52. The third kappa shape index (κ3) is 4.42. The van der Waals surface area contributed by atoms with Crippen LogP contribution in [0.1, 0.15) is 41.5 Å². The predicted octanol–water partition coefficient (Wildman–Crippen LogP) is 12.6. The molecule has 0 spiro atoms. The molecule has 0 bridgehead atoms. The van der Waals surface area contributed by atoms with Gasteiger partial charge < -0.3 is 18.6 Å². The number of hydrogen-bond donors (Lipinski definition) is 0. The number of hydrogen-bond acceptors (Lipinski definition) is 3. The lowest BCUT2D eigenvalue weighted by molar-refractivity contribution is 0.356. The van der Waals surface area contributed by atoms with Crippen molar-refractivity contribution in [1.82, 2.24) is 4.57 Å². The van der Waals surface area contributed by atoms with Gasteiger partial charge in [0.25, 0.3) is 0 Å². The zero-order valence-corrected chi connectivity index (χ0v) is 29.4. The van der Waals surface area contributed by atoms with Crippen molar-refractivity contribution in [2.24, 2.45) is 0 Å². The van der Waals surface area contributed by atoms with Crippen LogP contribution < -0.4 is 9.64 Å². The van der Waals surface area contributed by atoms with Crippen molar-refractivity contribution in [3.8, 4) is 16.9 Å². The number of rotatable bonds is 5. The van der Waals surface area contributed by atoms with Crippen LogP contribution in [0.4, 0.5) is 17.1 Å². The normalized spacial score (nSPS) is 17.0. The summed E-state index contributed by atoms with van der Waals surface area (Å²) in [4.78, 5) is 2.33. The molecule has 0 N–H and O–H groups in total. The van der Waals surface area contributed by atoms with Gasteiger partial charge in [-0.25, -0.2) is 0 Å². The van der Waals surface area contributed by atoms with Gasteiger partial charge in [-0.3, -0.25) is 0 Å². The summed E-state index contributed by atoms with van der Waals surface area (Å²) in [6.45, 7) is 2.34. The summed E-state index contributed by atoms with van der Waals surface area (Å²) in [5.74, 6) is 2.87. The second-order valence-corrected chi connectivity index (χ2v) is 14.6. The van der Waals surface area contributed by atoms with Crippen LogP contribution in [0.15, 0.2) is 168 Å². The molecule has 0 saturated heterocycles. The first-order chi connectivity index (χ1) is 26.2. The lowest BCUT2D eigenvalue weighted by atomic mass is 9.73. The van der Waals surface area contributed by atoms with E-state index in [9.17, 15) is 0 Å². The molecule has 254 valence electrons. The highest BCUT2D eigenvalue weighted by Gasteiger charge is 2.51. The van der Waals surface area contributed by atoms with Crippen LogP contribution in [0.2, 0.25) is 0 Å². The number of para-hydroxylation sites is 4. The van der Waals surface area contributed by atoms with Crippen molar-refractivity contribution < 1.29 is 9.15 Å². The molecule has 0 radical (unpaired) electrons. The minimum Gasteiger partial charge on any atom is -0.460 e. The van der Waals surface area contributed by atoms with Crippen molar-refractivity contribution in [3.63, 3.8) is 0 Å².